The van der Waals surface area contributed by atoms with Crippen molar-refractivity contribution in [2.24, 2.45) is 5.73 Å². The van der Waals surface area contributed by atoms with Crippen molar-refractivity contribution >= 4 is 27.9 Å². The van der Waals surface area contributed by atoms with E-state index in [-0.39, 0.29) is 11.7 Å². The van der Waals surface area contributed by atoms with E-state index in [1.807, 2.05) is 13.8 Å². The van der Waals surface area contributed by atoms with Gasteiger partial charge in [0.1, 0.15) is 11.6 Å². The van der Waals surface area contributed by atoms with E-state index in [9.17, 15) is 4.79 Å². The number of benzene rings is 1. The van der Waals surface area contributed by atoms with E-state index in [4.69, 9.17) is 20.5 Å². The Morgan fingerprint density at radius 3 is 2.60 bits per heavy atom. The Balaban J connectivity index is 3.30. The fourth-order valence-corrected chi connectivity index (χ4v) is 2.05. The van der Waals surface area contributed by atoms with Crippen LogP contribution in [0.25, 0.3) is 6.08 Å². The number of nitrogens with zero attached hydrogens (tertiary/aromatic N) is 1. The minimum absolute atomic E-state index is 0.0121. The number of halogens is 1. The number of hydrogen-bond acceptors (Lipinski definition) is 4. The van der Waals surface area contributed by atoms with Crippen LogP contribution in [-0.4, -0.2) is 19.1 Å². The molecular weight excluding hydrogens is 324 g/mol. The van der Waals surface area contributed by atoms with Crippen molar-refractivity contribution in [2.45, 2.75) is 20.0 Å². The van der Waals surface area contributed by atoms with Crippen molar-refractivity contribution in [3.63, 3.8) is 0 Å². The smallest absolute Gasteiger partial charge is 0.259 e. The summed E-state index contributed by atoms with van der Waals surface area (Å²) in [7, 11) is 1.52. The first-order chi connectivity index (χ1) is 9.38. The molecule has 5 nitrogen and oxygen atoms in total. The van der Waals surface area contributed by atoms with Crippen LogP contribution in [-0.2, 0) is 4.79 Å². The van der Waals surface area contributed by atoms with Crippen LogP contribution in [0.4, 0.5) is 0 Å². The van der Waals surface area contributed by atoms with E-state index >= 15 is 0 Å². The van der Waals surface area contributed by atoms with Crippen molar-refractivity contribution in [3.05, 3.63) is 27.7 Å². The second kappa shape index (κ2) is 6.96. The van der Waals surface area contributed by atoms with Gasteiger partial charge in [-0.05, 0) is 53.5 Å². The summed E-state index contributed by atoms with van der Waals surface area (Å²) in [4.78, 5) is 11.1. The van der Waals surface area contributed by atoms with Gasteiger partial charge >= 0.3 is 0 Å². The standard InChI is InChI=1S/C14H15BrN2O3/c1-8(2)20-13-11(15)5-9(6-12(13)19-3)4-10(7-16)14(17)18/h4-6,8H,1-3H3,(H2,17,18)/b10-4+. The van der Waals surface area contributed by atoms with Gasteiger partial charge in [-0.3, -0.25) is 4.79 Å². The monoisotopic (exact) mass is 338 g/mol. The number of nitriles is 1. The molecule has 106 valence electrons. The normalized spacial score (nSPS) is 11.1. The Labute approximate surface area is 126 Å². The highest BCUT2D eigenvalue weighted by Gasteiger charge is 2.13. The molecule has 0 saturated carbocycles. The third-order valence-corrected chi connectivity index (χ3v) is 2.89. The van der Waals surface area contributed by atoms with Crippen LogP contribution >= 0.6 is 15.9 Å². The van der Waals surface area contributed by atoms with E-state index in [2.05, 4.69) is 15.9 Å². The van der Waals surface area contributed by atoms with Gasteiger partial charge in [0.15, 0.2) is 11.5 Å². The Morgan fingerprint density at radius 1 is 1.50 bits per heavy atom. The van der Waals surface area contributed by atoms with Crippen LogP contribution < -0.4 is 15.2 Å². The number of hydrogen-bond donors (Lipinski definition) is 1. The van der Waals surface area contributed by atoms with Crippen LogP contribution in [0.2, 0.25) is 0 Å². The number of carbonyl (C=O) groups is 1. The van der Waals surface area contributed by atoms with E-state index < -0.39 is 5.91 Å². The Bertz CT molecular complexity index is 589. The van der Waals surface area contributed by atoms with Crippen molar-refractivity contribution in [3.8, 4) is 17.6 Å². The molecule has 0 spiro atoms. The Morgan fingerprint density at radius 2 is 2.15 bits per heavy atom. The van der Waals surface area contributed by atoms with Crippen LogP contribution in [0.1, 0.15) is 19.4 Å². The molecule has 0 aromatic heterocycles. The lowest BCUT2D eigenvalue weighted by atomic mass is 10.1. The minimum atomic E-state index is -0.773. The van der Waals surface area contributed by atoms with Gasteiger partial charge in [0.2, 0.25) is 0 Å². The van der Waals surface area contributed by atoms with Crippen LogP contribution in [0, 0.1) is 11.3 Å². The third-order valence-electron chi connectivity index (χ3n) is 2.30. The van der Waals surface area contributed by atoms with E-state index in [1.54, 1.807) is 18.2 Å². The molecule has 0 fully saturated rings. The molecule has 20 heavy (non-hydrogen) atoms. The van der Waals surface area contributed by atoms with Gasteiger partial charge in [-0.1, -0.05) is 0 Å². The largest absolute Gasteiger partial charge is 0.493 e. The first-order valence-corrected chi connectivity index (χ1v) is 6.64. The molecule has 0 radical (unpaired) electrons. The van der Waals surface area contributed by atoms with Gasteiger partial charge in [0.05, 0.1) is 17.7 Å². The van der Waals surface area contributed by atoms with Crippen molar-refractivity contribution in [2.75, 3.05) is 7.11 Å². The second-order valence-electron chi connectivity index (χ2n) is 4.23. The van der Waals surface area contributed by atoms with Gasteiger partial charge in [-0.25, -0.2) is 0 Å². The molecule has 6 heteroatoms. The molecular formula is C14H15BrN2O3. The lowest BCUT2D eigenvalue weighted by Crippen LogP contribution is -2.12. The van der Waals surface area contributed by atoms with Crippen LogP contribution in [0.5, 0.6) is 11.5 Å². The maximum atomic E-state index is 11.1. The summed E-state index contributed by atoms with van der Waals surface area (Å²) in [6.45, 7) is 3.81. The molecule has 0 unspecified atom stereocenters. The lowest BCUT2D eigenvalue weighted by Gasteiger charge is -2.15. The SMILES string of the molecule is COc1cc(/C=C(\C#N)C(N)=O)cc(Br)c1OC(C)C. The Hall–Kier alpha value is -2.00. The van der Waals surface area contributed by atoms with Gasteiger partial charge in [0.25, 0.3) is 5.91 Å². The zero-order valence-corrected chi connectivity index (χ0v) is 13.0. The molecule has 0 saturated heterocycles. The quantitative estimate of drug-likeness (QED) is 0.660. The van der Waals surface area contributed by atoms with Gasteiger partial charge in [0, 0.05) is 0 Å². The average molecular weight is 339 g/mol. The molecule has 2 N–H and O–H groups in total. The third kappa shape index (κ3) is 4.00. The number of carbonyl (C=O) groups excluding carboxylic acids is 1. The summed E-state index contributed by atoms with van der Waals surface area (Å²) >= 11 is 3.38. The summed E-state index contributed by atoms with van der Waals surface area (Å²) in [6, 6.07) is 5.15. The average Bonchev–Trinajstić information content (AvgIpc) is 2.37. The lowest BCUT2D eigenvalue weighted by molar-refractivity contribution is -0.114. The molecule has 0 aliphatic carbocycles. The van der Waals surface area contributed by atoms with Gasteiger partial charge < -0.3 is 15.2 Å². The number of nitrogens with two attached hydrogens (primary N) is 1. The summed E-state index contributed by atoms with van der Waals surface area (Å²) in [5, 5.41) is 8.84. The van der Waals surface area contributed by atoms with Crippen molar-refractivity contribution < 1.29 is 14.3 Å². The second-order valence-corrected chi connectivity index (χ2v) is 5.09. The van der Waals surface area contributed by atoms with Crippen LogP contribution in [0.15, 0.2) is 22.2 Å². The zero-order valence-electron chi connectivity index (χ0n) is 11.4. The zero-order chi connectivity index (χ0) is 15.3. The first-order valence-electron chi connectivity index (χ1n) is 5.84. The van der Waals surface area contributed by atoms with Crippen molar-refractivity contribution in [1.29, 1.82) is 5.26 Å². The number of methoxy groups -OCH3 is 1. The highest BCUT2D eigenvalue weighted by Crippen LogP contribution is 2.37. The number of ether oxygens (including phenoxy) is 2. The fraction of sp³-hybridized carbons (Fsp3) is 0.286. The van der Waals surface area contributed by atoms with Crippen LogP contribution in [0.3, 0.4) is 0 Å². The summed E-state index contributed by atoms with van der Waals surface area (Å²) in [5.41, 5.74) is 5.59. The Kier molecular flexibility index (Phi) is 5.59. The van der Waals surface area contributed by atoms with E-state index in [1.165, 1.54) is 13.2 Å². The number of amides is 1. The summed E-state index contributed by atoms with van der Waals surface area (Å²) in [5.74, 6) is 0.295. The molecule has 1 aromatic rings. The molecule has 0 aliphatic heterocycles. The predicted octanol–water partition coefficient (Wildman–Crippen LogP) is 2.64. The highest BCUT2D eigenvalue weighted by molar-refractivity contribution is 9.10. The molecule has 0 aliphatic rings. The van der Waals surface area contributed by atoms with E-state index in [0.29, 0.717) is 21.5 Å². The molecule has 1 aromatic carbocycles. The number of primary amides is 1. The fourth-order valence-electron chi connectivity index (χ4n) is 1.50. The maximum absolute atomic E-state index is 11.1. The molecule has 1 rings (SSSR count). The molecule has 0 atom stereocenters. The highest BCUT2D eigenvalue weighted by atomic mass is 79.9. The summed E-state index contributed by atoms with van der Waals surface area (Å²) in [6.07, 6.45) is 1.39. The summed E-state index contributed by atoms with van der Waals surface area (Å²) < 4.78 is 11.6. The molecule has 0 heterocycles. The topological polar surface area (TPSA) is 85.3 Å². The van der Waals surface area contributed by atoms with E-state index in [0.717, 1.165) is 0 Å². The van der Waals surface area contributed by atoms with Gasteiger partial charge in [-0.2, -0.15) is 5.26 Å². The van der Waals surface area contributed by atoms with Crippen molar-refractivity contribution in [1.82, 2.24) is 0 Å². The van der Waals surface area contributed by atoms with Gasteiger partial charge in [-0.15, -0.1) is 0 Å². The first kappa shape index (κ1) is 16.1. The number of rotatable bonds is 5. The maximum Gasteiger partial charge on any atom is 0.259 e. The molecule has 0 bridgehead atoms. The predicted molar refractivity (Wildman–Crippen MR) is 79.2 cm³/mol. The minimum Gasteiger partial charge on any atom is -0.493 e. The molecule has 1 amide bonds.